The molecule has 158 valence electrons. The van der Waals surface area contributed by atoms with E-state index in [1.165, 1.54) is 19.3 Å². The summed E-state index contributed by atoms with van der Waals surface area (Å²) in [5, 5.41) is 8.94. The van der Waals surface area contributed by atoms with Crippen LogP contribution >= 0.6 is 0 Å². The normalized spacial score (nSPS) is 18.2. The third-order valence-corrected chi connectivity index (χ3v) is 6.07. The second kappa shape index (κ2) is 9.77. The highest BCUT2D eigenvalue weighted by atomic mass is 16.6. The molecule has 2 aliphatic rings. The Morgan fingerprint density at radius 1 is 1.07 bits per heavy atom. The fourth-order valence-electron chi connectivity index (χ4n) is 4.22. The van der Waals surface area contributed by atoms with E-state index in [-0.39, 0.29) is 12.2 Å². The van der Waals surface area contributed by atoms with Gasteiger partial charge in [-0.25, -0.2) is 9.78 Å². The summed E-state index contributed by atoms with van der Waals surface area (Å²) in [6.07, 6.45) is 9.34. The molecule has 2 heterocycles. The van der Waals surface area contributed by atoms with Gasteiger partial charge in [0.1, 0.15) is 6.10 Å². The molecular weight excluding hydrogens is 378 g/mol. The standard InChI is InChI=1S/C23H29N5O2/c24-14-19-6-8-20(9-7-19)16-28-18-25-15-21(28)17-26-10-12-27(13-11-26)23(29)30-22-4-2-1-3-5-22/h6-9,15,18,22H,1-5,10-13,16-17H2. The van der Waals surface area contributed by atoms with Gasteiger partial charge in [0.25, 0.3) is 0 Å². The van der Waals surface area contributed by atoms with Crippen LogP contribution in [0.3, 0.4) is 0 Å². The molecule has 0 N–H and O–H groups in total. The van der Waals surface area contributed by atoms with E-state index in [0.717, 1.165) is 50.3 Å². The molecule has 7 heteroatoms. The molecule has 1 saturated heterocycles. The number of imidazole rings is 1. The van der Waals surface area contributed by atoms with E-state index >= 15 is 0 Å². The molecule has 0 atom stereocenters. The highest BCUT2D eigenvalue weighted by Crippen LogP contribution is 2.21. The number of ether oxygens (including phenoxy) is 1. The Morgan fingerprint density at radius 3 is 2.50 bits per heavy atom. The van der Waals surface area contributed by atoms with Gasteiger partial charge in [0, 0.05) is 45.5 Å². The van der Waals surface area contributed by atoms with Gasteiger partial charge in [-0.2, -0.15) is 5.26 Å². The lowest BCUT2D eigenvalue weighted by Crippen LogP contribution is -2.49. The van der Waals surface area contributed by atoms with Crippen molar-refractivity contribution in [2.45, 2.75) is 51.3 Å². The van der Waals surface area contributed by atoms with Gasteiger partial charge in [-0.05, 0) is 43.4 Å². The van der Waals surface area contributed by atoms with Gasteiger partial charge in [0.2, 0.25) is 0 Å². The first kappa shape index (κ1) is 20.4. The fraction of sp³-hybridized carbons (Fsp3) is 0.522. The van der Waals surface area contributed by atoms with E-state index < -0.39 is 0 Å². The predicted octanol–water partition coefficient (Wildman–Crippen LogP) is 3.39. The smallest absolute Gasteiger partial charge is 0.410 e. The van der Waals surface area contributed by atoms with Crippen molar-refractivity contribution < 1.29 is 9.53 Å². The molecule has 1 amide bonds. The topological polar surface area (TPSA) is 74.4 Å². The van der Waals surface area contributed by atoms with Crippen LogP contribution in [-0.2, 0) is 17.8 Å². The minimum atomic E-state index is -0.146. The number of carbonyl (C=O) groups is 1. The van der Waals surface area contributed by atoms with E-state index in [1.54, 1.807) is 0 Å². The largest absolute Gasteiger partial charge is 0.446 e. The molecule has 4 rings (SSSR count). The molecule has 1 aliphatic heterocycles. The summed E-state index contributed by atoms with van der Waals surface area (Å²) in [4.78, 5) is 21.0. The van der Waals surface area contributed by atoms with Crippen molar-refractivity contribution in [1.29, 1.82) is 5.26 Å². The molecule has 0 radical (unpaired) electrons. The number of aromatic nitrogens is 2. The highest BCUT2D eigenvalue weighted by Gasteiger charge is 2.25. The molecule has 1 aromatic carbocycles. The van der Waals surface area contributed by atoms with E-state index in [0.29, 0.717) is 18.7 Å². The number of amides is 1. The van der Waals surface area contributed by atoms with Crippen LogP contribution in [0.1, 0.15) is 48.9 Å². The lowest BCUT2D eigenvalue weighted by molar-refractivity contribution is 0.0318. The number of nitriles is 1. The number of piperazine rings is 1. The molecular formula is C23H29N5O2. The van der Waals surface area contributed by atoms with E-state index in [2.05, 4.69) is 20.5 Å². The molecule has 2 aromatic rings. The summed E-state index contributed by atoms with van der Waals surface area (Å²) in [7, 11) is 0. The quantitative estimate of drug-likeness (QED) is 0.760. The van der Waals surface area contributed by atoms with Crippen molar-refractivity contribution >= 4 is 6.09 Å². The Balaban J connectivity index is 1.26. The fourth-order valence-corrected chi connectivity index (χ4v) is 4.22. The van der Waals surface area contributed by atoms with Gasteiger partial charge in [0.05, 0.1) is 23.7 Å². The number of hydrogen-bond acceptors (Lipinski definition) is 5. The maximum Gasteiger partial charge on any atom is 0.410 e. The number of carbonyl (C=O) groups excluding carboxylic acids is 1. The molecule has 1 saturated carbocycles. The van der Waals surface area contributed by atoms with Gasteiger partial charge in [-0.3, -0.25) is 4.90 Å². The predicted molar refractivity (Wildman–Crippen MR) is 113 cm³/mol. The third-order valence-electron chi connectivity index (χ3n) is 6.07. The second-order valence-electron chi connectivity index (χ2n) is 8.23. The first-order chi connectivity index (χ1) is 14.7. The summed E-state index contributed by atoms with van der Waals surface area (Å²) in [5.41, 5.74) is 2.96. The van der Waals surface area contributed by atoms with Crippen molar-refractivity contribution in [2.24, 2.45) is 0 Å². The van der Waals surface area contributed by atoms with Crippen LogP contribution in [0.2, 0.25) is 0 Å². The average molecular weight is 408 g/mol. The molecule has 0 spiro atoms. The van der Waals surface area contributed by atoms with Crippen LogP contribution in [0.5, 0.6) is 0 Å². The van der Waals surface area contributed by atoms with Gasteiger partial charge in [-0.15, -0.1) is 0 Å². The third kappa shape index (κ3) is 5.19. The lowest BCUT2D eigenvalue weighted by atomic mass is 9.98. The summed E-state index contributed by atoms with van der Waals surface area (Å²) < 4.78 is 7.85. The monoisotopic (exact) mass is 407 g/mol. The number of benzene rings is 1. The zero-order valence-corrected chi connectivity index (χ0v) is 17.4. The van der Waals surface area contributed by atoms with Crippen LogP contribution in [0, 0.1) is 11.3 Å². The lowest BCUT2D eigenvalue weighted by Gasteiger charge is -2.35. The average Bonchev–Trinajstić information content (AvgIpc) is 3.22. The Kier molecular flexibility index (Phi) is 6.65. The maximum atomic E-state index is 12.4. The first-order valence-corrected chi connectivity index (χ1v) is 10.9. The highest BCUT2D eigenvalue weighted by molar-refractivity contribution is 5.68. The van der Waals surface area contributed by atoms with E-state index in [4.69, 9.17) is 10.00 Å². The molecule has 2 fully saturated rings. The van der Waals surface area contributed by atoms with Gasteiger partial charge < -0.3 is 14.2 Å². The SMILES string of the molecule is N#Cc1ccc(Cn2cncc2CN2CCN(C(=O)OC3CCCCC3)CC2)cc1. The van der Waals surface area contributed by atoms with Crippen molar-refractivity contribution in [2.75, 3.05) is 26.2 Å². The molecule has 0 unspecified atom stereocenters. The minimum Gasteiger partial charge on any atom is -0.446 e. The van der Waals surface area contributed by atoms with Crippen molar-refractivity contribution in [3.8, 4) is 6.07 Å². The Morgan fingerprint density at radius 2 is 1.80 bits per heavy atom. The number of nitrogens with zero attached hydrogens (tertiary/aromatic N) is 5. The van der Waals surface area contributed by atoms with Crippen molar-refractivity contribution in [1.82, 2.24) is 19.4 Å². The number of rotatable bonds is 5. The Labute approximate surface area is 177 Å². The minimum absolute atomic E-state index is 0.112. The van der Waals surface area contributed by atoms with Crippen LogP contribution in [-0.4, -0.2) is 57.7 Å². The van der Waals surface area contributed by atoms with Crippen LogP contribution in [0.25, 0.3) is 0 Å². The molecule has 1 aromatic heterocycles. The molecule has 0 bridgehead atoms. The first-order valence-electron chi connectivity index (χ1n) is 10.9. The summed E-state index contributed by atoms with van der Waals surface area (Å²) in [5.74, 6) is 0. The summed E-state index contributed by atoms with van der Waals surface area (Å²) in [6, 6.07) is 9.81. The zero-order chi connectivity index (χ0) is 20.8. The summed E-state index contributed by atoms with van der Waals surface area (Å²) >= 11 is 0. The molecule has 1 aliphatic carbocycles. The van der Waals surface area contributed by atoms with E-state index in [1.807, 2.05) is 41.7 Å². The summed E-state index contributed by atoms with van der Waals surface area (Å²) in [6.45, 7) is 4.62. The second-order valence-corrected chi connectivity index (χ2v) is 8.23. The van der Waals surface area contributed by atoms with Gasteiger partial charge in [-0.1, -0.05) is 18.6 Å². The van der Waals surface area contributed by atoms with Crippen LogP contribution in [0.4, 0.5) is 4.79 Å². The van der Waals surface area contributed by atoms with E-state index in [9.17, 15) is 4.79 Å². The van der Waals surface area contributed by atoms with Crippen LogP contribution in [0.15, 0.2) is 36.8 Å². The Bertz CT molecular complexity index is 872. The van der Waals surface area contributed by atoms with Crippen molar-refractivity contribution in [3.63, 3.8) is 0 Å². The van der Waals surface area contributed by atoms with Gasteiger partial charge >= 0.3 is 6.09 Å². The molecule has 7 nitrogen and oxygen atoms in total. The zero-order valence-electron chi connectivity index (χ0n) is 17.4. The van der Waals surface area contributed by atoms with Crippen LogP contribution < -0.4 is 0 Å². The molecule has 30 heavy (non-hydrogen) atoms. The van der Waals surface area contributed by atoms with Gasteiger partial charge in [0.15, 0.2) is 0 Å². The maximum absolute atomic E-state index is 12.4. The Hall–Kier alpha value is -2.85. The number of hydrogen-bond donors (Lipinski definition) is 0. The van der Waals surface area contributed by atoms with Crippen molar-refractivity contribution in [3.05, 3.63) is 53.6 Å².